The minimum absolute atomic E-state index is 0.220. The van der Waals surface area contributed by atoms with E-state index in [0.29, 0.717) is 18.6 Å². The molecular formula is C16H22N2O. The van der Waals surface area contributed by atoms with Crippen molar-refractivity contribution in [3.05, 3.63) is 35.9 Å². The molecule has 0 spiro atoms. The zero-order valence-electron chi connectivity index (χ0n) is 11.5. The van der Waals surface area contributed by atoms with Crippen molar-refractivity contribution in [2.45, 2.75) is 44.3 Å². The molecule has 2 aliphatic heterocycles. The average molecular weight is 258 g/mol. The van der Waals surface area contributed by atoms with Crippen LogP contribution in [0.15, 0.2) is 30.3 Å². The number of rotatable bonds is 3. The lowest BCUT2D eigenvalue weighted by Crippen LogP contribution is -2.44. The first kappa shape index (κ1) is 12.7. The van der Waals surface area contributed by atoms with Gasteiger partial charge in [-0.3, -0.25) is 4.79 Å². The van der Waals surface area contributed by atoms with Gasteiger partial charge in [-0.05, 0) is 38.3 Å². The minimum atomic E-state index is 0.220. The number of hydrogen-bond acceptors (Lipinski definition) is 2. The van der Waals surface area contributed by atoms with Gasteiger partial charge in [-0.15, -0.1) is 0 Å². The van der Waals surface area contributed by atoms with Crippen LogP contribution in [0.3, 0.4) is 0 Å². The van der Waals surface area contributed by atoms with E-state index in [4.69, 9.17) is 0 Å². The number of amides is 1. The average Bonchev–Trinajstić information content (AvgIpc) is 2.68. The van der Waals surface area contributed by atoms with E-state index < -0.39 is 0 Å². The lowest BCUT2D eigenvalue weighted by atomic mass is 9.90. The van der Waals surface area contributed by atoms with Gasteiger partial charge in [-0.1, -0.05) is 30.3 Å². The lowest BCUT2D eigenvalue weighted by Gasteiger charge is -2.35. The third-order valence-corrected chi connectivity index (χ3v) is 4.78. The van der Waals surface area contributed by atoms with Gasteiger partial charge in [-0.25, -0.2) is 0 Å². The molecule has 2 aliphatic rings. The summed E-state index contributed by atoms with van der Waals surface area (Å²) in [4.78, 5) is 14.7. The molecule has 2 heterocycles. The van der Waals surface area contributed by atoms with Crippen molar-refractivity contribution in [3.63, 3.8) is 0 Å². The summed E-state index contributed by atoms with van der Waals surface area (Å²) in [5.74, 6) is 0.464. The summed E-state index contributed by atoms with van der Waals surface area (Å²) in [6, 6.07) is 11.4. The Hall–Kier alpha value is -1.35. The molecule has 19 heavy (non-hydrogen) atoms. The zero-order valence-corrected chi connectivity index (χ0v) is 11.5. The highest BCUT2D eigenvalue weighted by Crippen LogP contribution is 2.37. The molecule has 3 nitrogen and oxygen atoms in total. The Morgan fingerprint density at radius 3 is 2.47 bits per heavy atom. The molecule has 2 atom stereocenters. The van der Waals surface area contributed by atoms with Crippen LogP contribution in [0, 0.1) is 5.92 Å². The minimum Gasteiger partial charge on any atom is -0.352 e. The Morgan fingerprint density at radius 2 is 1.84 bits per heavy atom. The molecule has 3 rings (SSSR count). The van der Waals surface area contributed by atoms with Gasteiger partial charge in [0, 0.05) is 24.5 Å². The van der Waals surface area contributed by atoms with E-state index in [2.05, 4.69) is 29.4 Å². The highest BCUT2D eigenvalue weighted by Gasteiger charge is 2.40. The molecule has 102 valence electrons. The van der Waals surface area contributed by atoms with E-state index in [0.717, 1.165) is 12.8 Å². The number of nitrogens with zero attached hydrogens (tertiary/aromatic N) is 1. The topological polar surface area (TPSA) is 32.3 Å². The molecule has 2 fully saturated rings. The molecule has 1 N–H and O–H groups in total. The number of benzene rings is 1. The second kappa shape index (κ2) is 5.33. The third-order valence-electron chi connectivity index (χ3n) is 4.78. The van der Waals surface area contributed by atoms with Gasteiger partial charge in [0.15, 0.2) is 0 Å². The summed E-state index contributed by atoms with van der Waals surface area (Å²) in [5, 5.41) is 3.09. The number of nitrogens with one attached hydrogen (secondary N) is 1. The Balaban J connectivity index is 1.54. The molecule has 3 heteroatoms. The normalized spacial score (nSPS) is 30.3. The summed E-state index contributed by atoms with van der Waals surface area (Å²) in [5.41, 5.74) is 1.17. The highest BCUT2D eigenvalue weighted by molar-refractivity contribution is 5.78. The molecule has 1 aromatic carbocycles. The first-order valence-electron chi connectivity index (χ1n) is 7.27. The fourth-order valence-corrected chi connectivity index (χ4v) is 3.55. The van der Waals surface area contributed by atoms with Crippen LogP contribution >= 0.6 is 0 Å². The fourth-order valence-electron chi connectivity index (χ4n) is 3.55. The van der Waals surface area contributed by atoms with E-state index in [9.17, 15) is 4.79 Å². The predicted molar refractivity (Wildman–Crippen MR) is 75.6 cm³/mol. The SMILES string of the molecule is CN1C2CCC1CC(C(=O)NCc1ccccc1)C2. The summed E-state index contributed by atoms with van der Waals surface area (Å²) >= 11 is 0. The fraction of sp³-hybridized carbons (Fsp3) is 0.562. The molecule has 0 aliphatic carbocycles. The maximum atomic E-state index is 12.3. The Morgan fingerprint density at radius 1 is 1.21 bits per heavy atom. The molecule has 2 saturated heterocycles. The van der Waals surface area contributed by atoms with Crippen molar-refractivity contribution in [1.29, 1.82) is 0 Å². The summed E-state index contributed by atoms with van der Waals surface area (Å²) in [6.07, 6.45) is 4.61. The molecule has 0 saturated carbocycles. The number of carbonyl (C=O) groups excluding carboxylic acids is 1. The zero-order chi connectivity index (χ0) is 13.2. The standard InChI is InChI=1S/C16H22N2O/c1-18-14-7-8-15(18)10-13(9-14)16(19)17-11-12-5-3-2-4-6-12/h2-6,13-15H,7-11H2,1H3,(H,17,19). The molecule has 2 unspecified atom stereocenters. The Labute approximate surface area is 115 Å². The van der Waals surface area contributed by atoms with E-state index in [1.54, 1.807) is 0 Å². The number of hydrogen-bond donors (Lipinski definition) is 1. The first-order chi connectivity index (χ1) is 9.24. The smallest absolute Gasteiger partial charge is 0.223 e. The third kappa shape index (κ3) is 2.66. The van der Waals surface area contributed by atoms with Gasteiger partial charge in [0.1, 0.15) is 0 Å². The summed E-state index contributed by atoms with van der Waals surface area (Å²) in [7, 11) is 2.21. The van der Waals surface area contributed by atoms with Crippen LogP contribution in [0.1, 0.15) is 31.2 Å². The van der Waals surface area contributed by atoms with Crippen molar-refractivity contribution in [1.82, 2.24) is 10.2 Å². The van der Waals surface area contributed by atoms with Gasteiger partial charge in [0.2, 0.25) is 5.91 Å². The van der Waals surface area contributed by atoms with Crippen LogP contribution < -0.4 is 5.32 Å². The van der Waals surface area contributed by atoms with Crippen LogP contribution in [0.2, 0.25) is 0 Å². The Bertz CT molecular complexity index is 431. The van der Waals surface area contributed by atoms with Crippen LogP contribution in [0.4, 0.5) is 0 Å². The van der Waals surface area contributed by atoms with Gasteiger partial charge in [0.25, 0.3) is 0 Å². The molecule has 2 bridgehead atoms. The second-order valence-electron chi connectivity index (χ2n) is 5.92. The van der Waals surface area contributed by atoms with Crippen molar-refractivity contribution in [3.8, 4) is 0 Å². The largest absolute Gasteiger partial charge is 0.352 e. The molecular weight excluding hydrogens is 236 g/mol. The van der Waals surface area contributed by atoms with Gasteiger partial charge >= 0.3 is 0 Å². The van der Waals surface area contributed by atoms with E-state index in [1.807, 2.05) is 18.2 Å². The molecule has 0 radical (unpaired) electrons. The first-order valence-corrected chi connectivity index (χ1v) is 7.27. The van der Waals surface area contributed by atoms with Crippen LogP contribution in [0.5, 0.6) is 0 Å². The van der Waals surface area contributed by atoms with E-state index in [1.165, 1.54) is 18.4 Å². The van der Waals surface area contributed by atoms with Crippen LogP contribution in [0.25, 0.3) is 0 Å². The van der Waals surface area contributed by atoms with Crippen molar-refractivity contribution in [2.24, 2.45) is 5.92 Å². The lowest BCUT2D eigenvalue weighted by molar-refractivity contribution is -0.127. The van der Waals surface area contributed by atoms with Crippen LogP contribution in [-0.4, -0.2) is 29.9 Å². The quantitative estimate of drug-likeness (QED) is 0.901. The molecule has 0 aromatic heterocycles. The molecule has 1 amide bonds. The Kier molecular flexibility index (Phi) is 3.56. The van der Waals surface area contributed by atoms with Crippen LogP contribution in [-0.2, 0) is 11.3 Å². The molecule has 1 aromatic rings. The highest BCUT2D eigenvalue weighted by atomic mass is 16.1. The summed E-state index contributed by atoms with van der Waals surface area (Å²) < 4.78 is 0. The number of fused-ring (bicyclic) bond motifs is 2. The van der Waals surface area contributed by atoms with Gasteiger partial charge in [-0.2, -0.15) is 0 Å². The predicted octanol–water partition coefficient (Wildman–Crippen LogP) is 2.18. The van der Waals surface area contributed by atoms with E-state index >= 15 is 0 Å². The number of piperidine rings is 1. The maximum Gasteiger partial charge on any atom is 0.223 e. The number of carbonyl (C=O) groups is 1. The van der Waals surface area contributed by atoms with Crippen molar-refractivity contribution < 1.29 is 4.79 Å². The monoisotopic (exact) mass is 258 g/mol. The van der Waals surface area contributed by atoms with E-state index in [-0.39, 0.29) is 11.8 Å². The second-order valence-corrected chi connectivity index (χ2v) is 5.92. The maximum absolute atomic E-state index is 12.3. The van der Waals surface area contributed by atoms with Gasteiger partial charge < -0.3 is 10.2 Å². The van der Waals surface area contributed by atoms with Crippen molar-refractivity contribution in [2.75, 3.05) is 7.05 Å². The van der Waals surface area contributed by atoms with Crippen molar-refractivity contribution >= 4 is 5.91 Å². The van der Waals surface area contributed by atoms with Gasteiger partial charge in [0.05, 0.1) is 0 Å². The summed E-state index contributed by atoms with van der Waals surface area (Å²) in [6.45, 7) is 0.654.